The van der Waals surface area contributed by atoms with E-state index in [0.717, 1.165) is 24.0 Å². The Kier molecular flexibility index (Phi) is 7.55. The number of hydrogen-bond donors (Lipinski definition) is 1. The predicted molar refractivity (Wildman–Crippen MR) is 148 cm³/mol. The molecule has 2 bridgehead atoms. The van der Waals surface area contributed by atoms with Gasteiger partial charge in [0.1, 0.15) is 25.3 Å². The zero-order valence-corrected chi connectivity index (χ0v) is 23.8. The van der Waals surface area contributed by atoms with Crippen molar-refractivity contribution < 1.29 is 33.6 Å². The van der Waals surface area contributed by atoms with Gasteiger partial charge in [0, 0.05) is 11.3 Å². The van der Waals surface area contributed by atoms with Crippen LogP contribution in [0.5, 0.6) is 0 Å². The van der Waals surface area contributed by atoms with Crippen LogP contribution in [-0.2, 0) is 41.7 Å². The van der Waals surface area contributed by atoms with Gasteiger partial charge in [-0.2, -0.15) is 0 Å². The highest BCUT2D eigenvalue weighted by Gasteiger charge is 2.85. The Balaban J connectivity index is 1.30. The maximum atomic E-state index is 13.4. The van der Waals surface area contributed by atoms with E-state index in [1.807, 2.05) is 60.7 Å². The normalized spacial score (nSPS) is 40.0. The first kappa shape index (κ1) is 27.9. The van der Waals surface area contributed by atoms with E-state index < -0.39 is 28.8 Å². The molecule has 1 N–H and O–H groups in total. The highest BCUT2D eigenvalue weighted by molar-refractivity contribution is 5.74. The monoisotopic (exact) mass is 550 g/mol. The maximum absolute atomic E-state index is 13.4. The van der Waals surface area contributed by atoms with Crippen LogP contribution in [0.15, 0.2) is 60.7 Å². The number of aliphatic hydroxyl groups excluding tert-OH is 1. The Morgan fingerprint density at radius 2 is 1.57 bits per heavy atom. The number of carbonyl (C=O) groups is 1. The molecule has 0 aromatic heterocycles. The van der Waals surface area contributed by atoms with Crippen molar-refractivity contribution in [3.05, 3.63) is 71.8 Å². The third kappa shape index (κ3) is 4.24. The van der Waals surface area contributed by atoms with Gasteiger partial charge in [-0.05, 0) is 48.1 Å². The van der Waals surface area contributed by atoms with Crippen molar-refractivity contribution in [2.75, 3.05) is 13.6 Å². The third-order valence-corrected chi connectivity index (χ3v) is 10.6. The largest absolute Gasteiger partial charge is 0.453 e. The summed E-state index contributed by atoms with van der Waals surface area (Å²) in [6.45, 7) is 7.46. The molecule has 4 fully saturated rings. The van der Waals surface area contributed by atoms with Crippen molar-refractivity contribution in [3.8, 4) is 0 Å². The zero-order chi connectivity index (χ0) is 28.0. The summed E-state index contributed by atoms with van der Waals surface area (Å²) < 4.78 is 32.1. The van der Waals surface area contributed by atoms with Gasteiger partial charge in [-0.15, -0.1) is 0 Å². The first-order chi connectivity index (χ1) is 19.3. The van der Waals surface area contributed by atoms with Gasteiger partial charge in [0.25, 0.3) is 0 Å². The van der Waals surface area contributed by atoms with Crippen LogP contribution in [0, 0.1) is 29.1 Å². The fourth-order valence-corrected chi connectivity index (χ4v) is 8.87. The zero-order valence-electron chi connectivity index (χ0n) is 23.8. The second kappa shape index (κ2) is 10.8. The number of fused-ring (bicyclic) bond motifs is 2. The van der Waals surface area contributed by atoms with Gasteiger partial charge < -0.3 is 28.8 Å². The number of esters is 1. The Labute approximate surface area is 237 Å². The van der Waals surface area contributed by atoms with Crippen molar-refractivity contribution in [1.29, 1.82) is 0 Å². The Bertz CT molecular complexity index is 1170. The van der Waals surface area contributed by atoms with Crippen molar-refractivity contribution in [3.63, 3.8) is 0 Å². The quantitative estimate of drug-likeness (QED) is 0.246. The molecule has 1 heterocycles. The molecule has 3 saturated carbocycles. The molecule has 3 aliphatic carbocycles. The predicted octanol–water partition coefficient (Wildman–Crippen LogP) is 5.24. The Morgan fingerprint density at radius 1 is 0.950 bits per heavy atom. The highest BCUT2D eigenvalue weighted by Crippen LogP contribution is 2.75. The van der Waals surface area contributed by atoms with Crippen LogP contribution in [0.2, 0.25) is 0 Å². The van der Waals surface area contributed by atoms with Crippen LogP contribution in [0.1, 0.15) is 57.6 Å². The second-order valence-corrected chi connectivity index (χ2v) is 12.6. The molecule has 1 aliphatic heterocycles. The number of ether oxygens (including phenoxy) is 5. The minimum absolute atomic E-state index is 0.0624. The summed E-state index contributed by atoms with van der Waals surface area (Å²) in [5, 5.41) is 11.1. The molecule has 216 valence electrons. The number of hydrogen-bond acceptors (Lipinski definition) is 7. The highest BCUT2D eigenvalue weighted by atomic mass is 16.7. The summed E-state index contributed by atoms with van der Waals surface area (Å²) in [5.74, 6) is -0.181. The number of carbonyl (C=O) groups excluding carboxylic acids is 1. The molecule has 0 spiro atoms. The molecule has 9 atom stereocenters. The lowest BCUT2D eigenvalue weighted by atomic mass is 9.55. The molecule has 2 aromatic carbocycles. The van der Waals surface area contributed by atoms with Gasteiger partial charge in [-0.25, -0.2) is 0 Å². The average Bonchev–Trinajstić information content (AvgIpc) is 3.30. The SMILES string of the molecule is CC1CCC2(OCOCc3ccccc3)C3(C)CC(=O)OC2(C1OCOCc1ccccc1)C1C(C)C(O)CC13. The van der Waals surface area contributed by atoms with E-state index in [-0.39, 0.29) is 49.6 Å². The number of benzene rings is 2. The fraction of sp³-hybridized carbons (Fsp3) is 0.606. The van der Waals surface area contributed by atoms with Gasteiger partial charge in [0.15, 0.2) is 5.60 Å². The topological polar surface area (TPSA) is 83.5 Å². The summed E-state index contributed by atoms with van der Waals surface area (Å²) in [5.41, 5.74) is -0.195. The molecular formula is C33H42O7. The van der Waals surface area contributed by atoms with E-state index in [1.165, 1.54) is 0 Å². The Hall–Kier alpha value is -2.29. The second-order valence-electron chi connectivity index (χ2n) is 12.6. The van der Waals surface area contributed by atoms with Crippen LogP contribution < -0.4 is 0 Å². The van der Waals surface area contributed by atoms with E-state index >= 15 is 0 Å². The van der Waals surface area contributed by atoms with Gasteiger partial charge in [0.05, 0.1) is 25.7 Å². The molecule has 2 aromatic rings. The van der Waals surface area contributed by atoms with E-state index in [1.54, 1.807) is 0 Å². The van der Waals surface area contributed by atoms with Gasteiger partial charge in [0.2, 0.25) is 0 Å². The molecular weight excluding hydrogens is 508 g/mol. The van der Waals surface area contributed by atoms with Crippen LogP contribution in [0.3, 0.4) is 0 Å². The molecule has 0 amide bonds. The molecule has 7 nitrogen and oxygen atoms in total. The lowest BCUT2D eigenvalue weighted by Gasteiger charge is -2.62. The summed E-state index contributed by atoms with van der Waals surface area (Å²) in [4.78, 5) is 13.4. The van der Waals surface area contributed by atoms with E-state index in [9.17, 15) is 9.90 Å². The molecule has 1 saturated heterocycles. The smallest absolute Gasteiger partial charge is 0.307 e. The summed E-state index contributed by atoms with van der Waals surface area (Å²) in [7, 11) is 0. The van der Waals surface area contributed by atoms with Crippen molar-refractivity contribution in [1.82, 2.24) is 0 Å². The lowest BCUT2D eigenvalue weighted by Crippen LogP contribution is -2.75. The minimum atomic E-state index is -1.04. The molecule has 4 aliphatic rings. The first-order valence-corrected chi connectivity index (χ1v) is 14.7. The van der Waals surface area contributed by atoms with E-state index in [0.29, 0.717) is 19.6 Å². The average molecular weight is 551 g/mol. The molecule has 6 rings (SSSR count). The molecule has 9 unspecified atom stereocenters. The van der Waals surface area contributed by atoms with E-state index in [4.69, 9.17) is 23.7 Å². The van der Waals surface area contributed by atoms with Gasteiger partial charge in [-0.1, -0.05) is 81.4 Å². The van der Waals surface area contributed by atoms with Gasteiger partial charge >= 0.3 is 5.97 Å². The summed E-state index contributed by atoms with van der Waals surface area (Å²) in [6, 6.07) is 20.0. The summed E-state index contributed by atoms with van der Waals surface area (Å²) in [6.07, 6.45) is 1.61. The summed E-state index contributed by atoms with van der Waals surface area (Å²) >= 11 is 0. The third-order valence-electron chi connectivity index (χ3n) is 10.6. The van der Waals surface area contributed by atoms with Crippen molar-refractivity contribution >= 4 is 5.97 Å². The van der Waals surface area contributed by atoms with Crippen LogP contribution in [0.4, 0.5) is 0 Å². The van der Waals surface area contributed by atoms with E-state index in [2.05, 4.69) is 20.8 Å². The lowest BCUT2D eigenvalue weighted by molar-refractivity contribution is -0.337. The molecule has 7 heteroatoms. The van der Waals surface area contributed by atoms with Crippen LogP contribution in [-0.4, -0.2) is 48.1 Å². The number of rotatable bonds is 10. The minimum Gasteiger partial charge on any atom is -0.453 e. The van der Waals surface area contributed by atoms with Crippen LogP contribution in [0.25, 0.3) is 0 Å². The molecule has 0 radical (unpaired) electrons. The van der Waals surface area contributed by atoms with Gasteiger partial charge in [-0.3, -0.25) is 4.79 Å². The van der Waals surface area contributed by atoms with Crippen molar-refractivity contribution in [2.45, 2.75) is 83.1 Å². The number of aliphatic hydroxyl groups is 1. The van der Waals surface area contributed by atoms with Crippen LogP contribution >= 0.6 is 0 Å². The first-order valence-electron chi connectivity index (χ1n) is 14.7. The maximum Gasteiger partial charge on any atom is 0.307 e. The van der Waals surface area contributed by atoms with Crippen molar-refractivity contribution in [2.24, 2.45) is 29.1 Å². The Morgan fingerprint density at radius 3 is 2.23 bits per heavy atom. The fourth-order valence-electron chi connectivity index (χ4n) is 8.87. The standard InChI is InChI=1S/C33H42O7/c1-22-14-15-32(39-21-37-19-25-12-8-5-9-13-25)31(3)17-28(35)40-33(32,29-23(2)27(34)16-26(29)31)30(22)38-20-36-18-24-10-6-4-7-11-24/h4-13,22-23,26-27,29-30,34H,14-21H2,1-3H3. The molecule has 40 heavy (non-hydrogen) atoms.